The second-order valence-electron chi connectivity index (χ2n) is 9.28. The van der Waals surface area contributed by atoms with E-state index < -0.39 is 0 Å². The molecule has 1 atom stereocenters. The molecule has 0 radical (unpaired) electrons. The molecule has 1 heterocycles. The number of hydrogen-bond donors (Lipinski definition) is 0. The van der Waals surface area contributed by atoms with Gasteiger partial charge < -0.3 is 4.90 Å². The number of hydrogen-bond acceptors (Lipinski definition) is 2. The van der Waals surface area contributed by atoms with Crippen LogP contribution < -0.4 is 0 Å². The van der Waals surface area contributed by atoms with E-state index in [9.17, 15) is 4.79 Å². The van der Waals surface area contributed by atoms with Crippen LogP contribution in [0.25, 0.3) is 0 Å². The van der Waals surface area contributed by atoms with E-state index in [1.165, 1.54) is 69.8 Å². The number of unbranched alkanes of at least 4 members (excludes halogenated alkanes) is 10. The lowest BCUT2D eigenvalue weighted by molar-refractivity contribution is -0.131. The summed E-state index contributed by atoms with van der Waals surface area (Å²) in [5, 5.41) is 0. The van der Waals surface area contributed by atoms with Gasteiger partial charge in [0.1, 0.15) is 0 Å². The van der Waals surface area contributed by atoms with Crippen molar-refractivity contribution in [3.63, 3.8) is 0 Å². The zero-order chi connectivity index (χ0) is 21.4. The van der Waals surface area contributed by atoms with Gasteiger partial charge in [-0.05, 0) is 25.3 Å². The van der Waals surface area contributed by atoms with Crippen LogP contribution in [0, 0.1) is 0 Å². The van der Waals surface area contributed by atoms with Gasteiger partial charge in [-0.25, -0.2) is 0 Å². The van der Waals surface area contributed by atoms with E-state index in [1.807, 2.05) is 0 Å². The fraction of sp³-hybridized carbons (Fsp3) is 0.741. The maximum Gasteiger partial charge on any atom is 0.222 e. The Morgan fingerprint density at radius 3 is 2.10 bits per heavy atom. The minimum Gasteiger partial charge on any atom is -0.341 e. The van der Waals surface area contributed by atoms with E-state index >= 15 is 0 Å². The van der Waals surface area contributed by atoms with Gasteiger partial charge in [0.25, 0.3) is 0 Å². The third-order valence-electron chi connectivity index (χ3n) is 6.56. The maximum atomic E-state index is 12.7. The largest absolute Gasteiger partial charge is 0.341 e. The van der Waals surface area contributed by atoms with Gasteiger partial charge in [-0.15, -0.1) is 0 Å². The van der Waals surface area contributed by atoms with E-state index in [0.29, 0.717) is 11.9 Å². The highest BCUT2D eigenvalue weighted by molar-refractivity contribution is 5.76. The second-order valence-corrected chi connectivity index (χ2v) is 9.28. The van der Waals surface area contributed by atoms with Gasteiger partial charge in [0.05, 0.1) is 0 Å². The summed E-state index contributed by atoms with van der Waals surface area (Å²) in [6, 6.07) is 11.1. The molecule has 3 heteroatoms. The molecule has 2 rings (SSSR count). The topological polar surface area (TPSA) is 23.6 Å². The quantitative estimate of drug-likeness (QED) is 0.312. The number of rotatable bonds is 14. The molecule has 1 amide bonds. The Hall–Kier alpha value is -1.35. The van der Waals surface area contributed by atoms with Crippen LogP contribution in [0.2, 0.25) is 0 Å². The number of amides is 1. The second kappa shape index (κ2) is 15.5. The minimum absolute atomic E-state index is 0.374. The number of carbonyl (C=O) groups is 1. The van der Waals surface area contributed by atoms with Crippen LogP contribution in [-0.2, 0) is 11.3 Å². The Bertz CT molecular complexity index is 559. The van der Waals surface area contributed by atoms with E-state index in [0.717, 1.165) is 45.4 Å². The first-order valence-corrected chi connectivity index (χ1v) is 12.8. The summed E-state index contributed by atoms with van der Waals surface area (Å²) in [4.78, 5) is 17.4. The molecule has 1 aliphatic heterocycles. The summed E-state index contributed by atoms with van der Waals surface area (Å²) in [6.07, 6.45) is 16.5. The van der Waals surface area contributed by atoms with Crippen molar-refractivity contribution < 1.29 is 4.79 Å². The third kappa shape index (κ3) is 10.1. The van der Waals surface area contributed by atoms with Crippen LogP contribution >= 0.6 is 0 Å². The summed E-state index contributed by atoms with van der Waals surface area (Å²) in [7, 11) is 0. The van der Waals surface area contributed by atoms with Crippen molar-refractivity contribution in [3.05, 3.63) is 35.9 Å². The Morgan fingerprint density at radius 2 is 1.47 bits per heavy atom. The molecule has 30 heavy (non-hydrogen) atoms. The fourth-order valence-electron chi connectivity index (χ4n) is 4.59. The maximum absolute atomic E-state index is 12.7. The van der Waals surface area contributed by atoms with E-state index in [2.05, 4.69) is 54.0 Å². The molecule has 1 aliphatic rings. The monoisotopic (exact) mass is 414 g/mol. The molecule has 1 saturated heterocycles. The van der Waals surface area contributed by atoms with Crippen LogP contribution in [0.4, 0.5) is 0 Å². The predicted octanol–water partition coefficient (Wildman–Crippen LogP) is 6.81. The van der Waals surface area contributed by atoms with Crippen LogP contribution in [0.1, 0.15) is 103 Å². The van der Waals surface area contributed by atoms with Gasteiger partial charge in [-0.3, -0.25) is 9.69 Å². The van der Waals surface area contributed by atoms with Gasteiger partial charge >= 0.3 is 0 Å². The average molecular weight is 415 g/mol. The zero-order valence-corrected chi connectivity index (χ0v) is 19.8. The molecule has 170 valence electrons. The van der Waals surface area contributed by atoms with Crippen molar-refractivity contribution >= 4 is 5.91 Å². The molecular formula is C27H46N2O. The fourth-order valence-corrected chi connectivity index (χ4v) is 4.59. The van der Waals surface area contributed by atoms with Crippen LogP contribution in [0.3, 0.4) is 0 Å². The van der Waals surface area contributed by atoms with Gasteiger partial charge in [0.15, 0.2) is 0 Å². The minimum atomic E-state index is 0.374. The van der Waals surface area contributed by atoms with E-state index in [1.54, 1.807) is 0 Å². The lowest BCUT2D eigenvalue weighted by Crippen LogP contribution is -2.40. The van der Waals surface area contributed by atoms with Crippen LogP contribution in [-0.4, -0.2) is 41.4 Å². The summed E-state index contributed by atoms with van der Waals surface area (Å²) in [5.74, 6) is 0.374. The molecular weight excluding hydrogens is 368 g/mol. The SMILES string of the molecule is CCCCCCCCCCCCCC(=O)N1CCCN(Cc2ccccc2)C(C)C1. The molecule has 1 unspecified atom stereocenters. The molecule has 0 aliphatic carbocycles. The first-order chi connectivity index (χ1) is 14.7. The van der Waals surface area contributed by atoms with E-state index in [4.69, 9.17) is 0 Å². The van der Waals surface area contributed by atoms with Crippen molar-refractivity contribution in [2.45, 2.75) is 110 Å². The molecule has 0 saturated carbocycles. The summed E-state index contributed by atoms with van der Waals surface area (Å²) in [6.45, 7) is 8.42. The van der Waals surface area contributed by atoms with Crippen molar-refractivity contribution in [1.82, 2.24) is 9.80 Å². The van der Waals surface area contributed by atoms with Crippen molar-refractivity contribution in [2.75, 3.05) is 19.6 Å². The van der Waals surface area contributed by atoms with Gasteiger partial charge in [-0.1, -0.05) is 101 Å². The van der Waals surface area contributed by atoms with Crippen LogP contribution in [0.15, 0.2) is 30.3 Å². The van der Waals surface area contributed by atoms with Gasteiger partial charge in [-0.2, -0.15) is 0 Å². The Kier molecular flexibility index (Phi) is 12.8. The van der Waals surface area contributed by atoms with Crippen molar-refractivity contribution in [1.29, 1.82) is 0 Å². The van der Waals surface area contributed by atoms with Gasteiger partial charge in [0, 0.05) is 38.6 Å². The molecule has 1 fully saturated rings. The molecule has 1 aromatic carbocycles. The third-order valence-corrected chi connectivity index (χ3v) is 6.56. The Labute approximate surface area is 186 Å². The van der Waals surface area contributed by atoms with Crippen molar-refractivity contribution in [3.8, 4) is 0 Å². The number of nitrogens with zero attached hydrogens (tertiary/aromatic N) is 2. The predicted molar refractivity (Wildman–Crippen MR) is 129 cm³/mol. The van der Waals surface area contributed by atoms with E-state index in [-0.39, 0.29) is 0 Å². The van der Waals surface area contributed by atoms with Gasteiger partial charge in [0.2, 0.25) is 5.91 Å². The smallest absolute Gasteiger partial charge is 0.222 e. The highest BCUT2D eigenvalue weighted by Crippen LogP contribution is 2.16. The summed E-state index contributed by atoms with van der Waals surface area (Å²) >= 11 is 0. The molecule has 0 N–H and O–H groups in total. The first-order valence-electron chi connectivity index (χ1n) is 12.8. The lowest BCUT2D eigenvalue weighted by Gasteiger charge is -2.29. The van der Waals surface area contributed by atoms with Crippen LogP contribution in [0.5, 0.6) is 0 Å². The molecule has 3 nitrogen and oxygen atoms in total. The molecule has 0 bridgehead atoms. The Balaban J connectivity index is 1.55. The zero-order valence-electron chi connectivity index (χ0n) is 19.8. The summed E-state index contributed by atoms with van der Waals surface area (Å²) < 4.78 is 0. The highest BCUT2D eigenvalue weighted by Gasteiger charge is 2.24. The lowest BCUT2D eigenvalue weighted by atomic mass is 10.1. The van der Waals surface area contributed by atoms with Crippen molar-refractivity contribution in [2.24, 2.45) is 0 Å². The summed E-state index contributed by atoms with van der Waals surface area (Å²) in [5.41, 5.74) is 1.37. The first kappa shape index (κ1) is 24.9. The molecule has 0 spiro atoms. The molecule has 1 aromatic rings. The number of benzene rings is 1. The Morgan fingerprint density at radius 1 is 0.867 bits per heavy atom. The highest BCUT2D eigenvalue weighted by atomic mass is 16.2. The number of carbonyl (C=O) groups excluding carboxylic acids is 1. The standard InChI is InChI=1S/C27H46N2O/c1-3-4-5-6-7-8-9-10-11-12-16-20-27(30)29-22-17-21-28(25(2)23-29)24-26-18-14-13-15-19-26/h13-15,18-19,25H,3-12,16-17,20-24H2,1-2H3. The normalized spacial score (nSPS) is 17.8. The molecule has 0 aromatic heterocycles. The average Bonchev–Trinajstić information content (AvgIpc) is 2.94.